The molecule has 1 aromatic carbocycles. The summed E-state index contributed by atoms with van der Waals surface area (Å²) in [4.78, 5) is 22.1. The van der Waals surface area contributed by atoms with Crippen LogP contribution >= 0.6 is 0 Å². The van der Waals surface area contributed by atoms with Crippen LogP contribution in [0.4, 0.5) is 0 Å². The Morgan fingerprint density at radius 1 is 1.38 bits per heavy atom. The first-order chi connectivity index (χ1) is 7.70. The second kappa shape index (κ2) is 6.05. The summed E-state index contributed by atoms with van der Waals surface area (Å²) in [7, 11) is 1.36. The molecule has 0 saturated heterocycles. The van der Waals surface area contributed by atoms with Gasteiger partial charge in [-0.1, -0.05) is 37.3 Å². The van der Waals surface area contributed by atoms with Gasteiger partial charge in [0, 0.05) is 12.3 Å². The van der Waals surface area contributed by atoms with Gasteiger partial charge in [-0.3, -0.25) is 4.79 Å². The van der Waals surface area contributed by atoms with Crippen LogP contribution in [0.5, 0.6) is 0 Å². The van der Waals surface area contributed by atoms with E-state index in [0.29, 0.717) is 6.42 Å². The lowest BCUT2D eigenvalue weighted by Crippen LogP contribution is -2.21. The molecule has 0 saturated carbocycles. The molecule has 0 aliphatic carbocycles. The van der Waals surface area contributed by atoms with Crippen molar-refractivity contribution in [3.8, 4) is 0 Å². The molecule has 0 fully saturated rings. The van der Waals surface area contributed by atoms with Crippen molar-refractivity contribution in [3.05, 3.63) is 35.9 Å². The van der Waals surface area contributed by atoms with Crippen molar-refractivity contribution in [3.63, 3.8) is 0 Å². The number of esters is 1. The Hall–Kier alpha value is -1.64. The number of carbonyl (C=O) groups excluding carboxylic acids is 2. The van der Waals surface area contributed by atoms with E-state index in [0.717, 1.165) is 11.8 Å². The Labute approximate surface area is 95.4 Å². The van der Waals surface area contributed by atoms with E-state index >= 15 is 0 Å². The molecule has 16 heavy (non-hydrogen) atoms. The highest BCUT2D eigenvalue weighted by atomic mass is 16.5. The minimum absolute atomic E-state index is 0.105. The van der Waals surface area contributed by atoms with Gasteiger partial charge in [0.25, 0.3) is 0 Å². The SMILES string of the molecule is COC(=O)[C@@H](C)[C@H](CC=O)c1ccccc1. The first-order valence-corrected chi connectivity index (χ1v) is 5.27. The molecule has 0 aliphatic rings. The maximum absolute atomic E-state index is 11.5. The molecule has 86 valence electrons. The minimum Gasteiger partial charge on any atom is -0.469 e. The predicted octanol–water partition coefficient (Wildman–Crippen LogP) is 2.17. The molecular formula is C13H16O3. The van der Waals surface area contributed by atoms with Gasteiger partial charge in [-0.2, -0.15) is 0 Å². The molecule has 2 atom stereocenters. The van der Waals surface area contributed by atoms with Gasteiger partial charge in [0.15, 0.2) is 0 Å². The molecule has 0 bridgehead atoms. The molecule has 0 aromatic heterocycles. The Morgan fingerprint density at radius 3 is 2.50 bits per heavy atom. The van der Waals surface area contributed by atoms with Crippen LogP contribution in [0.25, 0.3) is 0 Å². The molecule has 0 aliphatic heterocycles. The van der Waals surface area contributed by atoms with E-state index in [1.165, 1.54) is 7.11 Å². The zero-order valence-corrected chi connectivity index (χ0v) is 9.55. The molecule has 1 rings (SSSR count). The van der Waals surface area contributed by atoms with E-state index < -0.39 is 0 Å². The minimum atomic E-state index is -0.308. The molecule has 3 nitrogen and oxygen atoms in total. The van der Waals surface area contributed by atoms with Crippen LogP contribution in [0.2, 0.25) is 0 Å². The summed E-state index contributed by atoms with van der Waals surface area (Å²) in [5.41, 5.74) is 0.993. The lowest BCUT2D eigenvalue weighted by Gasteiger charge is -2.20. The van der Waals surface area contributed by atoms with Gasteiger partial charge in [-0.15, -0.1) is 0 Å². The molecule has 0 spiro atoms. The third kappa shape index (κ3) is 2.92. The summed E-state index contributed by atoms with van der Waals surface area (Å²) in [6.07, 6.45) is 1.18. The van der Waals surface area contributed by atoms with Crippen LogP contribution in [-0.4, -0.2) is 19.4 Å². The van der Waals surface area contributed by atoms with Crippen LogP contribution in [0.3, 0.4) is 0 Å². The summed E-state index contributed by atoms with van der Waals surface area (Å²) in [5.74, 6) is -0.695. The fraction of sp³-hybridized carbons (Fsp3) is 0.385. The molecule has 1 aromatic rings. The van der Waals surface area contributed by atoms with Crippen LogP contribution in [0, 0.1) is 5.92 Å². The predicted molar refractivity (Wildman–Crippen MR) is 61.0 cm³/mol. The first kappa shape index (κ1) is 12.4. The number of aldehydes is 1. The van der Waals surface area contributed by atoms with Gasteiger partial charge in [-0.25, -0.2) is 0 Å². The lowest BCUT2D eigenvalue weighted by molar-refractivity contribution is -0.145. The summed E-state index contributed by atoms with van der Waals surface area (Å²) in [6.45, 7) is 1.78. The number of hydrogen-bond donors (Lipinski definition) is 0. The Bertz CT molecular complexity index is 345. The molecule has 3 heteroatoms. The van der Waals surface area contributed by atoms with Crippen LogP contribution in [0.15, 0.2) is 30.3 Å². The van der Waals surface area contributed by atoms with E-state index in [1.807, 2.05) is 30.3 Å². The van der Waals surface area contributed by atoms with E-state index in [2.05, 4.69) is 0 Å². The van der Waals surface area contributed by atoms with Crippen molar-refractivity contribution in [2.75, 3.05) is 7.11 Å². The van der Waals surface area contributed by atoms with Crippen molar-refractivity contribution < 1.29 is 14.3 Å². The van der Waals surface area contributed by atoms with E-state index in [1.54, 1.807) is 6.92 Å². The number of rotatable bonds is 5. The smallest absolute Gasteiger partial charge is 0.309 e. The van der Waals surface area contributed by atoms with Gasteiger partial charge < -0.3 is 9.53 Å². The maximum Gasteiger partial charge on any atom is 0.309 e. The highest BCUT2D eigenvalue weighted by Crippen LogP contribution is 2.27. The number of carbonyl (C=O) groups is 2. The average Bonchev–Trinajstić information content (AvgIpc) is 2.35. The third-order valence-corrected chi connectivity index (χ3v) is 2.75. The van der Waals surface area contributed by atoms with Crippen molar-refractivity contribution in [2.24, 2.45) is 5.92 Å². The first-order valence-electron chi connectivity index (χ1n) is 5.27. The third-order valence-electron chi connectivity index (χ3n) is 2.75. The monoisotopic (exact) mass is 220 g/mol. The number of ether oxygens (including phenoxy) is 1. The summed E-state index contributed by atoms with van der Waals surface area (Å²) >= 11 is 0. The van der Waals surface area contributed by atoms with Crippen LogP contribution in [0.1, 0.15) is 24.8 Å². The Kier molecular flexibility index (Phi) is 4.70. The largest absolute Gasteiger partial charge is 0.469 e. The van der Waals surface area contributed by atoms with E-state index in [4.69, 9.17) is 4.74 Å². The van der Waals surface area contributed by atoms with Gasteiger partial charge in [0.1, 0.15) is 6.29 Å². The van der Waals surface area contributed by atoms with E-state index in [9.17, 15) is 9.59 Å². The Morgan fingerprint density at radius 2 is 2.00 bits per heavy atom. The van der Waals surface area contributed by atoms with E-state index in [-0.39, 0.29) is 17.8 Å². The van der Waals surface area contributed by atoms with Gasteiger partial charge in [0.05, 0.1) is 13.0 Å². The molecule has 0 amide bonds. The summed E-state index contributed by atoms with van der Waals surface area (Å²) < 4.78 is 4.71. The van der Waals surface area contributed by atoms with Gasteiger partial charge in [0.2, 0.25) is 0 Å². The number of benzene rings is 1. The lowest BCUT2D eigenvalue weighted by atomic mass is 9.85. The molecule has 0 heterocycles. The van der Waals surface area contributed by atoms with Crippen LogP contribution in [-0.2, 0) is 14.3 Å². The number of hydrogen-bond acceptors (Lipinski definition) is 3. The number of methoxy groups -OCH3 is 1. The fourth-order valence-corrected chi connectivity index (χ4v) is 1.78. The van der Waals surface area contributed by atoms with Gasteiger partial charge >= 0.3 is 5.97 Å². The second-order valence-electron chi connectivity index (χ2n) is 3.73. The molecule has 0 N–H and O–H groups in total. The normalized spacial score (nSPS) is 13.9. The highest BCUT2D eigenvalue weighted by Gasteiger charge is 2.25. The second-order valence-corrected chi connectivity index (χ2v) is 3.73. The highest BCUT2D eigenvalue weighted by molar-refractivity contribution is 5.74. The fourth-order valence-electron chi connectivity index (χ4n) is 1.78. The molecule has 0 unspecified atom stereocenters. The Balaban J connectivity index is 2.91. The standard InChI is InChI=1S/C13H16O3/c1-10(13(15)16-2)12(8-9-14)11-6-4-3-5-7-11/h3-7,9-10,12H,8H2,1-2H3/t10-,12-/m0/s1. The zero-order chi connectivity index (χ0) is 12.0. The molecule has 0 radical (unpaired) electrons. The molecular weight excluding hydrogens is 204 g/mol. The van der Waals surface area contributed by atoms with Crippen molar-refractivity contribution >= 4 is 12.3 Å². The quantitative estimate of drug-likeness (QED) is 0.564. The topological polar surface area (TPSA) is 43.4 Å². The maximum atomic E-state index is 11.5. The zero-order valence-electron chi connectivity index (χ0n) is 9.55. The summed E-state index contributed by atoms with van der Waals surface area (Å²) in [6, 6.07) is 9.56. The summed E-state index contributed by atoms with van der Waals surface area (Å²) in [5, 5.41) is 0. The average molecular weight is 220 g/mol. The van der Waals surface area contributed by atoms with Crippen molar-refractivity contribution in [1.29, 1.82) is 0 Å². The van der Waals surface area contributed by atoms with Crippen molar-refractivity contribution in [2.45, 2.75) is 19.3 Å². The van der Waals surface area contributed by atoms with Crippen molar-refractivity contribution in [1.82, 2.24) is 0 Å². The van der Waals surface area contributed by atoms with Crippen LogP contribution < -0.4 is 0 Å². The van der Waals surface area contributed by atoms with Gasteiger partial charge in [-0.05, 0) is 5.56 Å².